The fraction of sp³-hybridized carbons (Fsp3) is 0.250. The number of hydrogen-bond donors (Lipinski definition) is 0. The zero-order valence-corrected chi connectivity index (χ0v) is 17.5. The highest BCUT2D eigenvalue weighted by Crippen LogP contribution is 2.30. The first kappa shape index (κ1) is 19.4. The lowest BCUT2D eigenvalue weighted by Crippen LogP contribution is -2.20. The van der Waals surface area contributed by atoms with Crippen molar-refractivity contribution in [1.82, 2.24) is 9.55 Å². The summed E-state index contributed by atoms with van der Waals surface area (Å²) in [6.07, 6.45) is 3.41. The Labute approximate surface area is 174 Å². The van der Waals surface area contributed by atoms with Gasteiger partial charge in [0.15, 0.2) is 0 Å². The van der Waals surface area contributed by atoms with Crippen LogP contribution < -0.4 is 10.3 Å². The van der Waals surface area contributed by atoms with Crippen molar-refractivity contribution >= 4 is 21.6 Å². The standard InChI is InChI=1S/C24H24N2O2S/c1-17-5-9-19(10-6-17)21-15-29-23-22(21)24(27)26(16-25-23)13-3-4-14-28-20-11-7-18(2)8-12-20/h5-12,15-16H,3-4,13-14H2,1-2H3. The number of benzene rings is 2. The maximum absolute atomic E-state index is 13.1. The second-order valence-electron chi connectivity index (χ2n) is 7.31. The lowest BCUT2D eigenvalue weighted by molar-refractivity contribution is 0.303. The van der Waals surface area contributed by atoms with Crippen LogP contribution in [0.5, 0.6) is 5.75 Å². The average molecular weight is 405 g/mol. The molecule has 5 heteroatoms. The van der Waals surface area contributed by atoms with E-state index in [1.54, 1.807) is 10.9 Å². The average Bonchev–Trinajstić information content (AvgIpc) is 3.16. The minimum Gasteiger partial charge on any atom is -0.494 e. The first-order chi connectivity index (χ1) is 14.1. The molecule has 0 N–H and O–H groups in total. The number of ether oxygens (including phenoxy) is 1. The fourth-order valence-electron chi connectivity index (χ4n) is 3.28. The topological polar surface area (TPSA) is 44.1 Å². The van der Waals surface area contributed by atoms with Crippen LogP contribution in [0, 0.1) is 13.8 Å². The summed E-state index contributed by atoms with van der Waals surface area (Å²) in [5, 5.41) is 2.75. The third kappa shape index (κ3) is 4.40. The molecule has 0 atom stereocenters. The molecular formula is C24H24N2O2S. The Kier molecular flexibility index (Phi) is 5.76. The van der Waals surface area contributed by atoms with Crippen molar-refractivity contribution in [1.29, 1.82) is 0 Å². The lowest BCUT2D eigenvalue weighted by Gasteiger charge is -2.08. The number of fused-ring (bicyclic) bond motifs is 1. The Balaban J connectivity index is 1.43. The summed E-state index contributed by atoms with van der Waals surface area (Å²) >= 11 is 1.52. The number of aromatic nitrogens is 2. The molecule has 148 valence electrons. The molecule has 2 aromatic carbocycles. The van der Waals surface area contributed by atoms with Gasteiger partial charge in [0.05, 0.1) is 18.3 Å². The number of hydrogen-bond acceptors (Lipinski definition) is 4. The van der Waals surface area contributed by atoms with Crippen molar-refractivity contribution in [2.45, 2.75) is 33.2 Å². The molecule has 0 aliphatic rings. The van der Waals surface area contributed by atoms with Crippen molar-refractivity contribution in [3.63, 3.8) is 0 Å². The van der Waals surface area contributed by atoms with Gasteiger partial charge < -0.3 is 4.74 Å². The molecule has 0 spiro atoms. The summed E-state index contributed by atoms with van der Waals surface area (Å²) in [6, 6.07) is 16.3. The van der Waals surface area contributed by atoms with Gasteiger partial charge in [-0.15, -0.1) is 11.3 Å². The van der Waals surface area contributed by atoms with Crippen LogP contribution in [0.15, 0.2) is 65.0 Å². The van der Waals surface area contributed by atoms with Gasteiger partial charge in [0.25, 0.3) is 5.56 Å². The van der Waals surface area contributed by atoms with E-state index in [0.29, 0.717) is 13.2 Å². The van der Waals surface area contributed by atoms with Crippen molar-refractivity contribution in [2.24, 2.45) is 0 Å². The van der Waals surface area contributed by atoms with Gasteiger partial charge >= 0.3 is 0 Å². The van der Waals surface area contributed by atoms with E-state index in [1.165, 1.54) is 22.5 Å². The molecule has 0 radical (unpaired) electrons. The highest BCUT2D eigenvalue weighted by molar-refractivity contribution is 7.17. The molecule has 0 fully saturated rings. The van der Waals surface area contributed by atoms with Gasteiger partial charge in [-0.25, -0.2) is 4.98 Å². The van der Waals surface area contributed by atoms with Crippen molar-refractivity contribution in [2.75, 3.05) is 6.61 Å². The Morgan fingerprint density at radius 2 is 1.66 bits per heavy atom. The fourth-order valence-corrected chi connectivity index (χ4v) is 4.19. The van der Waals surface area contributed by atoms with E-state index in [1.807, 2.05) is 29.6 Å². The molecular weight excluding hydrogens is 380 g/mol. The van der Waals surface area contributed by atoms with Crippen LogP contribution in [0.1, 0.15) is 24.0 Å². The molecule has 29 heavy (non-hydrogen) atoms. The summed E-state index contributed by atoms with van der Waals surface area (Å²) in [4.78, 5) is 18.4. The molecule has 4 rings (SSSR count). The third-order valence-corrected chi connectivity index (χ3v) is 5.89. The van der Waals surface area contributed by atoms with Crippen molar-refractivity contribution < 1.29 is 4.74 Å². The summed E-state index contributed by atoms with van der Waals surface area (Å²) in [5.74, 6) is 0.886. The van der Waals surface area contributed by atoms with Crippen LogP contribution in [-0.2, 0) is 6.54 Å². The first-order valence-electron chi connectivity index (χ1n) is 9.85. The van der Waals surface area contributed by atoms with Crippen LogP contribution in [0.4, 0.5) is 0 Å². The van der Waals surface area contributed by atoms with E-state index in [2.05, 4.69) is 43.1 Å². The van der Waals surface area contributed by atoms with E-state index in [0.717, 1.165) is 39.9 Å². The van der Waals surface area contributed by atoms with E-state index < -0.39 is 0 Å². The molecule has 0 saturated heterocycles. The summed E-state index contributed by atoms with van der Waals surface area (Å²) < 4.78 is 7.49. The molecule has 4 aromatic rings. The summed E-state index contributed by atoms with van der Waals surface area (Å²) in [7, 11) is 0. The molecule has 2 heterocycles. The highest BCUT2D eigenvalue weighted by atomic mass is 32.1. The van der Waals surface area contributed by atoms with Crippen molar-refractivity contribution in [3.05, 3.63) is 81.7 Å². The maximum atomic E-state index is 13.1. The van der Waals surface area contributed by atoms with Gasteiger partial charge in [-0.3, -0.25) is 9.36 Å². The van der Waals surface area contributed by atoms with Crippen LogP contribution >= 0.6 is 11.3 Å². The van der Waals surface area contributed by atoms with Gasteiger partial charge in [0.2, 0.25) is 0 Å². The molecule has 0 aliphatic heterocycles. The number of nitrogens with zero attached hydrogens (tertiary/aromatic N) is 2. The molecule has 0 amide bonds. The van der Waals surface area contributed by atoms with Crippen molar-refractivity contribution in [3.8, 4) is 16.9 Å². The molecule has 0 saturated carbocycles. The molecule has 0 unspecified atom stereocenters. The Bertz CT molecular complexity index is 1160. The van der Waals surface area contributed by atoms with Gasteiger partial charge in [0.1, 0.15) is 10.6 Å². The normalized spacial score (nSPS) is 11.1. The first-order valence-corrected chi connectivity index (χ1v) is 10.7. The van der Waals surface area contributed by atoms with E-state index >= 15 is 0 Å². The monoisotopic (exact) mass is 404 g/mol. The Morgan fingerprint density at radius 3 is 2.38 bits per heavy atom. The third-order valence-electron chi connectivity index (χ3n) is 5.01. The quantitative estimate of drug-likeness (QED) is 0.377. The number of rotatable bonds is 7. The molecule has 4 nitrogen and oxygen atoms in total. The van der Waals surface area contributed by atoms with Gasteiger partial charge in [-0.05, 0) is 44.4 Å². The SMILES string of the molecule is Cc1ccc(OCCCCn2cnc3scc(-c4ccc(C)cc4)c3c2=O)cc1. The maximum Gasteiger partial charge on any atom is 0.262 e. The van der Waals surface area contributed by atoms with E-state index in [-0.39, 0.29) is 5.56 Å². The van der Waals surface area contributed by atoms with E-state index in [9.17, 15) is 4.79 Å². The molecule has 2 aromatic heterocycles. The van der Waals surface area contributed by atoms with Gasteiger partial charge in [-0.1, -0.05) is 47.5 Å². The minimum atomic E-state index is 0.0336. The zero-order chi connectivity index (χ0) is 20.2. The van der Waals surface area contributed by atoms with Crippen LogP contribution in [0.3, 0.4) is 0 Å². The number of thiophene rings is 1. The Morgan fingerprint density at radius 1 is 0.966 bits per heavy atom. The zero-order valence-electron chi connectivity index (χ0n) is 16.7. The summed E-state index contributed by atoms with van der Waals surface area (Å²) in [5.41, 5.74) is 4.49. The van der Waals surface area contributed by atoms with Gasteiger partial charge in [-0.2, -0.15) is 0 Å². The van der Waals surface area contributed by atoms with Crippen LogP contribution in [-0.4, -0.2) is 16.2 Å². The second-order valence-corrected chi connectivity index (χ2v) is 8.17. The molecule has 0 aliphatic carbocycles. The Hall–Kier alpha value is -2.92. The van der Waals surface area contributed by atoms with Crippen LogP contribution in [0.2, 0.25) is 0 Å². The smallest absolute Gasteiger partial charge is 0.262 e. The van der Waals surface area contributed by atoms with Crippen LogP contribution in [0.25, 0.3) is 21.3 Å². The minimum absolute atomic E-state index is 0.0336. The predicted octanol–water partition coefficient (Wildman–Crippen LogP) is 5.60. The second kappa shape index (κ2) is 8.62. The van der Waals surface area contributed by atoms with Gasteiger partial charge in [0, 0.05) is 17.5 Å². The number of aryl methyl sites for hydroxylation is 3. The molecule has 0 bridgehead atoms. The lowest BCUT2D eigenvalue weighted by atomic mass is 10.1. The predicted molar refractivity (Wildman–Crippen MR) is 120 cm³/mol. The van der Waals surface area contributed by atoms with E-state index in [4.69, 9.17) is 4.74 Å². The summed E-state index contributed by atoms with van der Waals surface area (Å²) in [6.45, 7) is 5.40. The highest BCUT2D eigenvalue weighted by Gasteiger charge is 2.13. The number of unbranched alkanes of at least 4 members (excludes halogenated alkanes) is 1. The largest absolute Gasteiger partial charge is 0.494 e.